The van der Waals surface area contributed by atoms with Gasteiger partial charge in [0.25, 0.3) is 0 Å². The van der Waals surface area contributed by atoms with Crippen molar-refractivity contribution in [3.05, 3.63) is 157 Å². The molecule has 0 saturated carbocycles. The van der Waals surface area contributed by atoms with Gasteiger partial charge in [0.1, 0.15) is 0 Å². The molecule has 1 aliphatic rings. The fourth-order valence-electron chi connectivity index (χ4n) is 7.28. The van der Waals surface area contributed by atoms with E-state index in [0.717, 1.165) is 16.9 Å². The minimum atomic E-state index is -0.0345. The van der Waals surface area contributed by atoms with Crippen molar-refractivity contribution in [3.8, 4) is 22.3 Å². The van der Waals surface area contributed by atoms with E-state index in [1.165, 1.54) is 64.6 Å². The Labute approximate surface area is 266 Å². The number of anilines is 3. The van der Waals surface area contributed by atoms with Gasteiger partial charge in [-0.05, 0) is 81.9 Å². The maximum atomic E-state index is 4.65. The van der Waals surface area contributed by atoms with Crippen LogP contribution in [0.3, 0.4) is 0 Å². The Balaban J connectivity index is 1.29. The maximum Gasteiger partial charge on any atom is 0.0716 e. The maximum absolute atomic E-state index is 4.65. The van der Waals surface area contributed by atoms with Crippen molar-refractivity contribution >= 4 is 59.5 Å². The predicted octanol–water partition coefficient (Wildman–Crippen LogP) is 12.0. The zero-order valence-electron chi connectivity index (χ0n) is 25.2. The van der Waals surface area contributed by atoms with Crippen molar-refractivity contribution in [2.24, 2.45) is 0 Å². The lowest BCUT2D eigenvalue weighted by molar-refractivity contribution is 0.660. The summed E-state index contributed by atoms with van der Waals surface area (Å²) in [7, 11) is 0. The van der Waals surface area contributed by atoms with Gasteiger partial charge in [-0.15, -0.1) is 11.3 Å². The summed E-state index contributed by atoms with van der Waals surface area (Å²) in [6.45, 7) is 4.68. The average molecular weight is 595 g/mol. The van der Waals surface area contributed by atoms with Gasteiger partial charge in [0.2, 0.25) is 0 Å². The molecule has 3 heteroatoms. The van der Waals surface area contributed by atoms with Crippen molar-refractivity contribution in [2.45, 2.75) is 19.3 Å². The largest absolute Gasteiger partial charge is 0.309 e. The molecular weight excluding hydrogens is 565 g/mol. The molecule has 6 aromatic carbocycles. The normalized spacial score (nSPS) is 13.3. The fraction of sp³-hybridized carbons (Fsp3) is 0.0714. The van der Waals surface area contributed by atoms with Crippen molar-refractivity contribution in [1.29, 1.82) is 0 Å². The lowest BCUT2D eigenvalue weighted by atomic mass is 9.82. The van der Waals surface area contributed by atoms with E-state index in [4.69, 9.17) is 0 Å². The Morgan fingerprint density at radius 1 is 0.533 bits per heavy atom. The highest BCUT2D eigenvalue weighted by atomic mass is 32.1. The molecular formula is C42H30N2S. The summed E-state index contributed by atoms with van der Waals surface area (Å²) in [5.74, 6) is 0. The summed E-state index contributed by atoms with van der Waals surface area (Å²) < 4.78 is 2.56. The quantitative estimate of drug-likeness (QED) is 0.201. The van der Waals surface area contributed by atoms with Crippen LogP contribution < -0.4 is 4.90 Å². The first-order valence-corrected chi connectivity index (χ1v) is 16.3. The highest BCUT2D eigenvalue weighted by Gasteiger charge is 2.35. The van der Waals surface area contributed by atoms with Crippen LogP contribution in [0.5, 0.6) is 0 Å². The molecule has 0 atom stereocenters. The van der Waals surface area contributed by atoms with E-state index in [1.807, 2.05) is 23.6 Å². The number of fused-ring (bicyclic) bond motifs is 8. The van der Waals surface area contributed by atoms with Crippen LogP contribution in [0.4, 0.5) is 17.1 Å². The molecule has 0 saturated heterocycles. The second-order valence-electron chi connectivity index (χ2n) is 12.4. The van der Waals surface area contributed by atoms with Gasteiger partial charge < -0.3 is 4.90 Å². The topological polar surface area (TPSA) is 16.1 Å². The van der Waals surface area contributed by atoms with Gasteiger partial charge in [-0.1, -0.05) is 105 Å². The van der Waals surface area contributed by atoms with Gasteiger partial charge in [-0.2, -0.15) is 0 Å². The molecule has 0 bridgehead atoms. The smallest absolute Gasteiger partial charge is 0.0716 e. The first-order chi connectivity index (χ1) is 22.1. The Bertz CT molecular complexity index is 2400. The van der Waals surface area contributed by atoms with Crippen LogP contribution in [0.15, 0.2) is 146 Å². The number of thiophene rings is 1. The molecule has 0 fully saturated rings. The molecule has 0 spiro atoms. The van der Waals surface area contributed by atoms with Crippen molar-refractivity contribution in [2.75, 3.05) is 4.90 Å². The van der Waals surface area contributed by atoms with Gasteiger partial charge >= 0.3 is 0 Å². The summed E-state index contributed by atoms with van der Waals surface area (Å²) in [6.07, 6.45) is 1.88. The summed E-state index contributed by atoms with van der Waals surface area (Å²) in [5.41, 5.74) is 12.3. The Morgan fingerprint density at radius 2 is 1.24 bits per heavy atom. The molecule has 0 unspecified atom stereocenters. The SMILES string of the molecule is CC1(C)c2ccccc2-c2cc(N(c3ccc(-c4ccccc4)cc3)c3cccc4c3sc3c5cccnc5ccc43)ccc21. The molecule has 8 aromatic rings. The molecule has 214 valence electrons. The first kappa shape index (κ1) is 26.2. The predicted molar refractivity (Wildman–Crippen MR) is 192 cm³/mol. The molecule has 1 aliphatic carbocycles. The van der Waals surface area contributed by atoms with Crippen molar-refractivity contribution in [3.63, 3.8) is 0 Å². The molecule has 0 N–H and O–H groups in total. The average Bonchev–Trinajstić information content (AvgIpc) is 3.59. The number of hydrogen-bond acceptors (Lipinski definition) is 3. The summed E-state index contributed by atoms with van der Waals surface area (Å²) >= 11 is 1.87. The molecule has 45 heavy (non-hydrogen) atoms. The Hall–Kier alpha value is -5.25. The summed E-state index contributed by atoms with van der Waals surface area (Å²) in [5, 5.41) is 3.76. The molecule has 0 radical (unpaired) electrons. The van der Waals surface area contributed by atoms with Gasteiger partial charge in [-0.25, -0.2) is 0 Å². The number of nitrogens with zero attached hydrogens (tertiary/aromatic N) is 2. The van der Waals surface area contributed by atoms with Crippen LogP contribution >= 0.6 is 11.3 Å². The Morgan fingerprint density at radius 3 is 2.11 bits per heavy atom. The number of pyridine rings is 1. The van der Waals surface area contributed by atoms with Crippen LogP contribution in [0.2, 0.25) is 0 Å². The molecule has 2 heterocycles. The van der Waals surface area contributed by atoms with E-state index in [0.29, 0.717) is 0 Å². The molecule has 2 aromatic heterocycles. The first-order valence-electron chi connectivity index (χ1n) is 15.5. The number of benzene rings is 6. The molecule has 9 rings (SSSR count). The second kappa shape index (κ2) is 9.88. The monoisotopic (exact) mass is 594 g/mol. The standard InChI is InChI=1S/C42H30N2S/c1-42(2)36-15-7-6-12-31(36)35-26-30(21-23-37(35)42)44(29-19-17-28(18-20-29)27-10-4-3-5-11-27)39-16-8-13-32-33-22-24-38-34(14-9-25-43-38)40(33)45-41(32)39/h3-26H,1-2H3. The zero-order chi connectivity index (χ0) is 30.1. The number of aromatic nitrogens is 1. The Kier molecular flexibility index (Phi) is 5.75. The summed E-state index contributed by atoms with van der Waals surface area (Å²) in [6, 6.07) is 50.9. The van der Waals surface area contributed by atoms with Gasteiger partial charge in [0.05, 0.1) is 15.9 Å². The van der Waals surface area contributed by atoms with E-state index >= 15 is 0 Å². The van der Waals surface area contributed by atoms with E-state index in [9.17, 15) is 0 Å². The van der Waals surface area contributed by atoms with Crippen molar-refractivity contribution < 1.29 is 0 Å². The van der Waals surface area contributed by atoms with E-state index in [-0.39, 0.29) is 5.41 Å². The highest BCUT2D eigenvalue weighted by molar-refractivity contribution is 7.27. The molecule has 0 aliphatic heterocycles. The van der Waals surface area contributed by atoms with Gasteiger partial charge in [0, 0.05) is 43.8 Å². The van der Waals surface area contributed by atoms with E-state index in [1.54, 1.807) is 0 Å². The fourth-order valence-corrected chi connectivity index (χ4v) is 8.60. The number of rotatable bonds is 4. The van der Waals surface area contributed by atoms with E-state index in [2.05, 4.69) is 157 Å². The zero-order valence-corrected chi connectivity index (χ0v) is 26.0. The lowest BCUT2D eigenvalue weighted by Gasteiger charge is -2.28. The van der Waals surface area contributed by atoms with Crippen LogP contribution in [0.1, 0.15) is 25.0 Å². The van der Waals surface area contributed by atoms with Crippen LogP contribution in [-0.2, 0) is 5.41 Å². The van der Waals surface area contributed by atoms with E-state index < -0.39 is 0 Å². The molecule has 0 amide bonds. The van der Waals surface area contributed by atoms with Crippen LogP contribution in [0.25, 0.3) is 53.3 Å². The van der Waals surface area contributed by atoms with Crippen molar-refractivity contribution in [1.82, 2.24) is 4.98 Å². The van der Waals surface area contributed by atoms with Crippen LogP contribution in [-0.4, -0.2) is 4.98 Å². The van der Waals surface area contributed by atoms with Gasteiger partial charge in [0.15, 0.2) is 0 Å². The van der Waals surface area contributed by atoms with Crippen LogP contribution in [0, 0.1) is 0 Å². The number of hydrogen-bond donors (Lipinski definition) is 0. The third-order valence-electron chi connectivity index (χ3n) is 9.52. The third-order valence-corrected chi connectivity index (χ3v) is 10.8. The third kappa shape index (κ3) is 3.97. The molecule has 2 nitrogen and oxygen atoms in total. The second-order valence-corrected chi connectivity index (χ2v) is 13.4. The highest BCUT2D eigenvalue weighted by Crippen LogP contribution is 2.52. The summed E-state index contributed by atoms with van der Waals surface area (Å²) in [4.78, 5) is 7.09. The lowest BCUT2D eigenvalue weighted by Crippen LogP contribution is -2.15. The minimum absolute atomic E-state index is 0.0345. The minimum Gasteiger partial charge on any atom is -0.309 e. The van der Waals surface area contributed by atoms with Gasteiger partial charge in [-0.3, -0.25) is 4.98 Å².